The topological polar surface area (TPSA) is 76.2 Å². The molecule has 0 N–H and O–H groups in total. The number of ether oxygens (including phenoxy) is 2. The Balaban J connectivity index is 2.30. The summed E-state index contributed by atoms with van der Waals surface area (Å²) in [6.07, 6.45) is 1.36. The van der Waals surface area contributed by atoms with Crippen LogP contribution in [0.3, 0.4) is 0 Å². The van der Waals surface area contributed by atoms with Gasteiger partial charge in [-0.25, -0.2) is 8.42 Å². The highest BCUT2D eigenvalue weighted by Gasteiger charge is 2.36. The molecule has 2 rings (SSSR count). The SMILES string of the molecule is CCN(CC)C(=O)C1CCCN(S(=O)(=O)c2cc(OC)ccc2OC)C1. The molecule has 7 nitrogen and oxygen atoms in total. The minimum absolute atomic E-state index is 0.0208. The molecule has 1 heterocycles. The summed E-state index contributed by atoms with van der Waals surface area (Å²) >= 11 is 0. The summed E-state index contributed by atoms with van der Waals surface area (Å²) in [5, 5.41) is 0. The van der Waals surface area contributed by atoms with E-state index >= 15 is 0 Å². The van der Waals surface area contributed by atoms with Crippen molar-refractivity contribution in [1.82, 2.24) is 9.21 Å². The van der Waals surface area contributed by atoms with Gasteiger partial charge < -0.3 is 14.4 Å². The van der Waals surface area contributed by atoms with E-state index in [1.807, 2.05) is 13.8 Å². The third-order valence-electron chi connectivity index (χ3n) is 4.80. The normalized spacial score (nSPS) is 18.4. The first-order valence-corrected chi connectivity index (χ1v) is 10.3. The smallest absolute Gasteiger partial charge is 0.246 e. The monoisotopic (exact) mass is 384 g/mol. The maximum atomic E-state index is 13.2. The van der Waals surface area contributed by atoms with E-state index in [4.69, 9.17) is 9.47 Å². The summed E-state index contributed by atoms with van der Waals surface area (Å²) in [6, 6.07) is 4.69. The van der Waals surface area contributed by atoms with Crippen LogP contribution in [0.15, 0.2) is 23.1 Å². The summed E-state index contributed by atoms with van der Waals surface area (Å²) in [5.74, 6) is 0.419. The van der Waals surface area contributed by atoms with Crippen LogP contribution in [0.25, 0.3) is 0 Å². The number of rotatable bonds is 7. The Morgan fingerprint density at radius 2 is 1.92 bits per heavy atom. The fraction of sp³-hybridized carbons (Fsp3) is 0.611. The van der Waals surface area contributed by atoms with Gasteiger partial charge in [-0.05, 0) is 38.8 Å². The highest BCUT2D eigenvalue weighted by Crippen LogP contribution is 2.32. The molecule has 1 atom stereocenters. The maximum Gasteiger partial charge on any atom is 0.246 e. The summed E-state index contributed by atoms with van der Waals surface area (Å²) in [6.45, 7) is 5.70. The van der Waals surface area contributed by atoms with Crippen LogP contribution in [0.4, 0.5) is 0 Å². The Kier molecular flexibility index (Phi) is 6.88. The molecular weight excluding hydrogens is 356 g/mol. The van der Waals surface area contributed by atoms with Gasteiger partial charge in [-0.2, -0.15) is 4.31 Å². The fourth-order valence-electron chi connectivity index (χ4n) is 3.28. The second kappa shape index (κ2) is 8.73. The molecule has 1 saturated heterocycles. The molecule has 146 valence electrons. The first kappa shape index (κ1) is 20.5. The molecule has 8 heteroatoms. The van der Waals surface area contributed by atoms with Crippen LogP contribution in [0.1, 0.15) is 26.7 Å². The molecule has 0 saturated carbocycles. The number of nitrogens with zero attached hydrogens (tertiary/aromatic N) is 2. The zero-order valence-electron chi connectivity index (χ0n) is 15.9. The van der Waals surface area contributed by atoms with Crippen LogP contribution < -0.4 is 9.47 Å². The van der Waals surface area contributed by atoms with Gasteiger partial charge in [-0.15, -0.1) is 0 Å². The van der Waals surface area contributed by atoms with E-state index in [1.54, 1.807) is 17.0 Å². The Hall–Kier alpha value is -1.80. The number of methoxy groups -OCH3 is 2. The van der Waals surface area contributed by atoms with E-state index in [1.165, 1.54) is 24.6 Å². The summed E-state index contributed by atoms with van der Waals surface area (Å²) in [4.78, 5) is 14.5. The van der Waals surface area contributed by atoms with Crippen molar-refractivity contribution >= 4 is 15.9 Å². The van der Waals surface area contributed by atoms with Crippen molar-refractivity contribution in [1.29, 1.82) is 0 Å². The van der Waals surface area contributed by atoms with Crippen LogP contribution in [0, 0.1) is 5.92 Å². The number of benzene rings is 1. The van der Waals surface area contributed by atoms with Crippen LogP contribution in [0.5, 0.6) is 11.5 Å². The zero-order valence-corrected chi connectivity index (χ0v) is 16.7. The van der Waals surface area contributed by atoms with Crippen molar-refractivity contribution in [3.05, 3.63) is 18.2 Å². The van der Waals surface area contributed by atoms with Crippen LogP contribution in [-0.2, 0) is 14.8 Å². The zero-order chi connectivity index (χ0) is 19.3. The van der Waals surface area contributed by atoms with Crippen molar-refractivity contribution in [2.24, 2.45) is 5.92 Å². The Morgan fingerprint density at radius 3 is 2.50 bits per heavy atom. The number of carbonyl (C=O) groups is 1. The lowest BCUT2D eigenvalue weighted by Crippen LogP contribution is -2.46. The van der Waals surface area contributed by atoms with Gasteiger partial charge in [0.1, 0.15) is 16.4 Å². The number of hydrogen-bond acceptors (Lipinski definition) is 5. The van der Waals surface area contributed by atoms with Crippen molar-refractivity contribution < 1.29 is 22.7 Å². The number of sulfonamides is 1. The predicted molar refractivity (Wildman–Crippen MR) is 99.0 cm³/mol. The summed E-state index contributed by atoms with van der Waals surface area (Å²) < 4.78 is 38.1. The van der Waals surface area contributed by atoms with Gasteiger partial charge in [-0.3, -0.25) is 4.79 Å². The molecule has 0 radical (unpaired) electrons. The van der Waals surface area contributed by atoms with E-state index < -0.39 is 10.0 Å². The number of amides is 1. The molecule has 0 aromatic heterocycles. The molecule has 1 amide bonds. The minimum atomic E-state index is -3.79. The number of hydrogen-bond donors (Lipinski definition) is 0. The number of carbonyl (C=O) groups excluding carboxylic acids is 1. The highest BCUT2D eigenvalue weighted by atomic mass is 32.2. The standard InChI is InChI=1S/C18H28N2O5S/c1-5-19(6-2)18(21)14-8-7-11-20(13-14)26(22,23)17-12-15(24-3)9-10-16(17)25-4/h9-10,12,14H,5-8,11,13H2,1-4H3. The lowest BCUT2D eigenvalue weighted by Gasteiger charge is -2.34. The van der Waals surface area contributed by atoms with Crippen LogP contribution in [0.2, 0.25) is 0 Å². The van der Waals surface area contributed by atoms with E-state index in [-0.39, 0.29) is 29.0 Å². The van der Waals surface area contributed by atoms with Gasteiger partial charge >= 0.3 is 0 Å². The first-order valence-electron chi connectivity index (χ1n) is 8.89. The summed E-state index contributed by atoms with van der Waals surface area (Å²) in [5.41, 5.74) is 0. The Labute approximate surface area is 155 Å². The van der Waals surface area contributed by atoms with Crippen LogP contribution in [-0.4, -0.2) is 63.9 Å². The quantitative estimate of drug-likeness (QED) is 0.718. The van der Waals surface area contributed by atoms with Gasteiger partial charge in [0.15, 0.2) is 0 Å². The highest BCUT2D eigenvalue weighted by molar-refractivity contribution is 7.89. The predicted octanol–water partition coefficient (Wildman–Crippen LogP) is 1.97. The average Bonchev–Trinajstić information content (AvgIpc) is 2.68. The largest absolute Gasteiger partial charge is 0.497 e. The molecule has 0 spiro atoms. The molecule has 1 aliphatic rings. The van der Waals surface area contributed by atoms with Crippen molar-refractivity contribution in [2.75, 3.05) is 40.4 Å². The average molecular weight is 384 g/mol. The van der Waals surface area contributed by atoms with E-state index in [9.17, 15) is 13.2 Å². The third kappa shape index (κ3) is 4.12. The Bertz CT molecular complexity index is 731. The molecule has 0 aliphatic carbocycles. The van der Waals surface area contributed by atoms with Gasteiger partial charge in [0.05, 0.1) is 20.1 Å². The molecule has 0 bridgehead atoms. The van der Waals surface area contributed by atoms with E-state index in [0.717, 1.165) is 0 Å². The summed E-state index contributed by atoms with van der Waals surface area (Å²) in [7, 11) is -0.867. The van der Waals surface area contributed by atoms with Crippen LogP contribution >= 0.6 is 0 Å². The molecular formula is C18H28N2O5S. The van der Waals surface area contributed by atoms with Gasteiger partial charge in [0.2, 0.25) is 15.9 Å². The van der Waals surface area contributed by atoms with Crippen molar-refractivity contribution in [3.63, 3.8) is 0 Å². The second-order valence-corrected chi connectivity index (χ2v) is 8.14. The molecule has 1 aromatic carbocycles. The van der Waals surface area contributed by atoms with Crippen molar-refractivity contribution in [3.8, 4) is 11.5 Å². The molecule has 1 fully saturated rings. The lowest BCUT2D eigenvalue weighted by molar-refractivity contribution is -0.136. The van der Waals surface area contributed by atoms with Gasteiger partial charge in [0.25, 0.3) is 0 Å². The Morgan fingerprint density at radius 1 is 1.23 bits per heavy atom. The molecule has 1 aromatic rings. The molecule has 1 unspecified atom stereocenters. The maximum absolute atomic E-state index is 13.2. The minimum Gasteiger partial charge on any atom is -0.497 e. The van der Waals surface area contributed by atoms with Gasteiger partial charge in [-0.1, -0.05) is 0 Å². The number of piperidine rings is 1. The van der Waals surface area contributed by atoms with Crippen molar-refractivity contribution in [2.45, 2.75) is 31.6 Å². The lowest BCUT2D eigenvalue weighted by atomic mass is 9.98. The first-order chi connectivity index (χ1) is 12.4. The molecule has 26 heavy (non-hydrogen) atoms. The van der Waals surface area contributed by atoms with E-state index in [0.29, 0.717) is 38.2 Å². The van der Waals surface area contributed by atoms with E-state index in [2.05, 4.69) is 0 Å². The van der Waals surface area contributed by atoms with Gasteiger partial charge in [0, 0.05) is 32.2 Å². The fourth-order valence-corrected chi connectivity index (χ4v) is 4.97. The second-order valence-electron chi connectivity index (χ2n) is 6.23. The molecule has 1 aliphatic heterocycles. The third-order valence-corrected chi connectivity index (χ3v) is 6.68.